The molecule has 0 aromatic carbocycles. The van der Waals surface area contributed by atoms with Gasteiger partial charge in [0.2, 0.25) is 0 Å². The molecule has 0 spiro atoms. The highest BCUT2D eigenvalue weighted by Gasteiger charge is 2.22. The largest absolute Gasteiger partial charge is 0.492 e. The van der Waals surface area contributed by atoms with Gasteiger partial charge in [-0.05, 0) is 13.8 Å². The zero-order valence-corrected chi connectivity index (χ0v) is 13.0. The number of ether oxygens (including phenoxy) is 1. The van der Waals surface area contributed by atoms with Crippen LogP contribution in [0, 0.1) is 0 Å². The van der Waals surface area contributed by atoms with Gasteiger partial charge >= 0.3 is 0 Å². The van der Waals surface area contributed by atoms with Crippen LogP contribution in [-0.4, -0.2) is 29.8 Å². The van der Waals surface area contributed by atoms with Crippen molar-refractivity contribution in [3.8, 4) is 5.75 Å². The van der Waals surface area contributed by atoms with Crippen molar-refractivity contribution in [3.63, 3.8) is 0 Å². The quantitative estimate of drug-likeness (QED) is 0.653. The van der Waals surface area contributed by atoms with Crippen molar-refractivity contribution in [2.75, 3.05) is 24.7 Å². The number of H-pyrrole nitrogens is 1. The summed E-state index contributed by atoms with van der Waals surface area (Å²) in [5.41, 5.74) is 7.37. The summed E-state index contributed by atoms with van der Waals surface area (Å²) in [5.74, 6) is 0.305. The predicted molar refractivity (Wildman–Crippen MR) is 83.9 cm³/mol. The number of amides is 1. The SMILES string of the molecule is CCNC(=O)c1sc(NC(C)c2cn[nH]c2)c(OC)c1N. The summed E-state index contributed by atoms with van der Waals surface area (Å²) in [6.07, 6.45) is 3.55. The van der Waals surface area contributed by atoms with Crippen molar-refractivity contribution in [3.05, 3.63) is 22.8 Å². The number of nitrogen functional groups attached to an aromatic ring is 1. The number of anilines is 2. The molecule has 2 aromatic heterocycles. The average molecular weight is 309 g/mol. The molecule has 0 aliphatic heterocycles. The van der Waals surface area contributed by atoms with Gasteiger partial charge in [-0.3, -0.25) is 9.89 Å². The van der Waals surface area contributed by atoms with E-state index < -0.39 is 0 Å². The Hall–Kier alpha value is -2.22. The molecule has 8 heteroatoms. The van der Waals surface area contributed by atoms with E-state index in [4.69, 9.17) is 10.5 Å². The first-order chi connectivity index (χ1) is 10.1. The van der Waals surface area contributed by atoms with Crippen LogP contribution in [0.15, 0.2) is 12.4 Å². The van der Waals surface area contributed by atoms with E-state index in [-0.39, 0.29) is 11.9 Å². The number of aromatic nitrogens is 2. The lowest BCUT2D eigenvalue weighted by Crippen LogP contribution is -2.22. The number of carbonyl (C=O) groups is 1. The molecule has 0 saturated heterocycles. The maximum absolute atomic E-state index is 12.0. The molecule has 0 radical (unpaired) electrons. The van der Waals surface area contributed by atoms with Crippen LogP contribution < -0.4 is 21.1 Å². The minimum Gasteiger partial charge on any atom is -0.492 e. The molecule has 0 bridgehead atoms. The molecule has 1 unspecified atom stereocenters. The Morgan fingerprint density at radius 1 is 1.62 bits per heavy atom. The highest BCUT2D eigenvalue weighted by atomic mass is 32.1. The van der Waals surface area contributed by atoms with Crippen LogP contribution >= 0.6 is 11.3 Å². The first-order valence-electron chi connectivity index (χ1n) is 6.58. The normalized spacial score (nSPS) is 12.0. The van der Waals surface area contributed by atoms with E-state index >= 15 is 0 Å². The smallest absolute Gasteiger partial charge is 0.263 e. The molecular weight excluding hydrogens is 290 g/mol. The maximum atomic E-state index is 12.0. The van der Waals surface area contributed by atoms with Crippen LogP contribution in [-0.2, 0) is 0 Å². The summed E-state index contributed by atoms with van der Waals surface area (Å²) in [6, 6.07) is 0.0118. The first-order valence-corrected chi connectivity index (χ1v) is 7.39. The van der Waals surface area contributed by atoms with Gasteiger partial charge in [0.25, 0.3) is 5.91 Å². The number of hydrogen-bond donors (Lipinski definition) is 4. The molecule has 21 heavy (non-hydrogen) atoms. The molecular formula is C13H19N5O2S. The maximum Gasteiger partial charge on any atom is 0.263 e. The number of methoxy groups -OCH3 is 1. The highest BCUT2D eigenvalue weighted by molar-refractivity contribution is 7.19. The van der Waals surface area contributed by atoms with E-state index in [0.29, 0.717) is 22.9 Å². The summed E-state index contributed by atoms with van der Waals surface area (Å²) in [7, 11) is 1.54. The zero-order valence-electron chi connectivity index (χ0n) is 12.2. The van der Waals surface area contributed by atoms with Crippen molar-refractivity contribution < 1.29 is 9.53 Å². The predicted octanol–water partition coefficient (Wildman–Crippen LogP) is 1.98. The third kappa shape index (κ3) is 3.10. The van der Waals surface area contributed by atoms with Crippen molar-refractivity contribution >= 4 is 27.9 Å². The van der Waals surface area contributed by atoms with Crippen molar-refractivity contribution in [1.29, 1.82) is 0 Å². The van der Waals surface area contributed by atoms with Crippen LogP contribution in [0.5, 0.6) is 5.75 Å². The second-order valence-corrected chi connectivity index (χ2v) is 5.48. The average Bonchev–Trinajstić information content (AvgIpc) is 3.07. The summed E-state index contributed by atoms with van der Waals surface area (Å²) >= 11 is 1.28. The summed E-state index contributed by atoms with van der Waals surface area (Å²) < 4.78 is 5.32. The monoisotopic (exact) mass is 309 g/mol. The number of nitrogens with two attached hydrogens (primary N) is 1. The Balaban J connectivity index is 2.26. The lowest BCUT2D eigenvalue weighted by Gasteiger charge is -2.13. The fraction of sp³-hybridized carbons (Fsp3) is 0.385. The number of nitrogens with one attached hydrogen (secondary N) is 3. The zero-order chi connectivity index (χ0) is 15.4. The number of aromatic amines is 1. The number of nitrogens with zero attached hydrogens (tertiary/aromatic N) is 1. The molecule has 1 amide bonds. The topological polar surface area (TPSA) is 105 Å². The Kier molecular flexibility index (Phi) is 4.69. The highest BCUT2D eigenvalue weighted by Crippen LogP contribution is 2.43. The van der Waals surface area contributed by atoms with Gasteiger partial charge in [-0.25, -0.2) is 0 Å². The molecule has 0 aliphatic rings. The molecule has 2 aromatic rings. The van der Waals surface area contributed by atoms with Crippen molar-refractivity contribution in [1.82, 2.24) is 15.5 Å². The second-order valence-electron chi connectivity index (χ2n) is 4.46. The Morgan fingerprint density at radius 3 is 2.95 bits per heavy atom. The fourth-order valence-corrected chi connectivity index (χ4v) is 3.01. The van der Waals surface area contributed by atoms with Gasteiger partial charge in [0.15, 0.2) is 5.75 Å². The minimum absolute atomic E-state index is 0.0118. The summed E-state index contributed by atoms with van der Waals surface area (Å²) in [5, 5.41) is 13.5. The van der Waals surface area contributed by atoms with Gasteiger partial charge in [-0.15, -0.1) is 11.3 Å². The number of thiophene rings is 1. The lowest BCUT2D eigenvalue weighted by atomic mass is 10.2. The van der Waals surface area contributed by atoms with E-state index in [1.165, 1.54) is 18.4 Å². The lowest BCUT2D eigenvalue weighted by molar-refractivity contribution is 0.0960. The van der Waals surface area contributed by atoms with Crippen LogP contribution in [0.25, 0.3) is 0 Å². The minimum atomic E-state index is -0.192. The van der Waals surface area contributed by atoms with Gasteiger partial charge in [0.05, 0.1) is 19.3 Å². The molecule has 0 aliphatic carbocycles. The molecule has 114 valence electrons. The Morgan fingerprint density at radius 2 is 2.38 bits per heavy atom. The van der Waals surface area contributed by atoms with Gasteiger partial charge in [0, 0.05) is 18.3 Å². The number of rotatable bonds is 6. The Labute approximate surface area is 126 Å². The van der Waals surface area contributed by atoms with Crippen molar-refractivity contribution in [2.45, 2.75) is 19.9 Å². The number of carbonyl (C=O) groups excluding carboxylic acids is 1. The van der Waals surface area contributed by atoms with E-state index in [9.17, 15) is 4.79 Å². The van der Waals surface area contributed by atoms with E-state index in [1.807, 2.05) is 20.0 Å². The van der Waals surface area contributed by atoms with E-state index in [1.54, 1.807) is 6.20 Å². The Bertz CT molecular complexity index is 608. The second kappa shape index (κ2) is 6.49. The molecule has 1 atom stereocenters. The van der Waals surface area contributed by atoms with Gasteiger partial charge in [-0.1, -0.05) is 0 Å². The molecule has 7 nitrogen and oxygen atoms in total. The van der Waals surface area contributed by atoms with Crippen LogP contribution in [0.2, 0.25) is 0 Å². The summed E-state index contributed by atoms with van der Waals surface area (Å²) in [4.78, 5) is 12.4. The van der Waals surface area contributed by atoms with Crippen LogP contribution in [0.4, 0.5) is 10.7 Å². The molecule has 0 saturated carbocycles. The van der Waals surface area contributed by atoms with Crippen LogP contribution in [0.3, 0.4) is 0 Å². The van der Waals surface area contributed by atoms with E-state index in [2.05, 4.69) is 20.8 Å². The standard InChI is InChI=1S/C13H19N5O2S/c1-4-15-12(19)11-9(14)10(20-3)13(21-11)18-7(2)8-5-16-17-6-8/h5-7,18H,4,14H2,1-3H3,(H,15,19)(H,16,17). The third-order valence-electron chi connectivity index (χ3n) is 3.01. The number of hydrogen-bond acceptors (Lipinski definition) is 6. The van der Waals surface area contributed by atoms with Crippen molar-refractivity contribution in [2.24, 2.45) is 0 Å². The molecule has 5 N–H and O–H groups in total. The molecule has 2 rings (SSSR count). The van der Waals surface area contributed by atoms with Gasteiger partial charge in [0.1, 0.15) is 15.6 Å². The molecule has 2 heterocycles. The van der Waals surface area contributed by atoms with Gasteiger partial charge < -0.3 is 21.1 Å². The molecule has 0 fully saturated rings. The van der Waals surface area contributed by atoms with E-state index in [0.717, 1.165) is 10.6 Å². The van der Waals surface area contributed by atoms with Crippen LogP contribution in [0.1, 0.15) is 35.1 Å². The third-order valence-corrected chi connectivity index (χ3v) is 4.13. The first kappa shape index (κ1) is 15.2. The summed E-state index contributed by atoms with van der Waals surface area (Å²) in [6.45, 7) is 4.40. The van der Waals surface area contributed by atoms with Gasteiger partial charge in [-0.2, -0.15) is 5.10 Å². The fourth-order valence-electron chi connectivity index (χ4n) is 1.91.